The second-order valence-corrected chi connectivity index (χ2v) is 6.44. The SMILES string of the molecule is Cc1cc(N)ccc1SCC1CCC(C)(C)O1. The van der Waals surface area contributed by atoms with Crippen LogP contribution in [-0.4, -0.2) is 17.5 Å². The van der Waals surface area contributed by atoms with Crippen LogP contribution in [0.2, 0.25) is 0 Å². The summed E-state index contributed by atoms with van der Waals surface area (Å²) in [4.78, 5) is 1.31. The molecule has 1 fully saturated rings. The highest BCUT2D eigenvalue weighted by Gasteiger charge is 2.31. The van der Waals surface area contributed by atoms with Crippen molar-refractivity contribution in [1.82, 2.24) is 0 Å². The summed E-state index contributed by atoms with van der Waals surface area (Å²) in [7, 11) is 0. The van der Waals surface area contributed by atoms with E-state index in [0.717, 1.165) is 11.4 Å². The predicted molar refractivity (Wildman–Crippen MR) is 74.5 cm³/mol. The molecule has 2 N–H and O–H groups in total. The minimum absolute atomic E-state index is 0.0708. The van der Waals surface area contributed by atoms with Gasteiger partial charge in [0.05, 0.1) is 11.7 Å². The van der Waals surface area contributed by atoms with Crippen LogP contribution in [0.5, 0.6) is 0 Å². The van der Waals surface area contributed by atoms with E-state index in [2.05, 4.69) is 26.8 Å². The summed E-state index contributed by atoms with van der Waals surface area (Å²) in [5.74, 6) is 1.04. The van der Waals surface area contributed by atoms with Gasteiger partial charge < -0.3 is 10.5 Å². The fraction of sp³-hybridized carbons (Fsp3) is 0.571. The van der Waals surface area contributed by atoms with Gasteiger partial charge in [0.15, 0.2) is 0 Å². The molecule has 0 aliphatic carbocycles. The van der Waals surface area contributed by atoms with Gasteiger partial charge in [-0.25, -0.2) is 0 Å². The first-order chi connectivity index (χ1) is 7.96. The zero-order valence-electron chi connectivity index (χ0n) is 10.8. The van der Waals surface area contributed by atoms with E-state index in [1.165, 1.54) is 23.3 Å². The van der Waals surface area contributed by atoms with Gasteiger partial charge in [-0.3, -0.25) is 0 Å². The predicted octanol–water partition coefficient (Wildman–Crippen LogP) is 3.63. The van der Waals surface area contributed by atoms with E-state index in [-0.39, 0.29) is 5.60 Å². The van der Waals surface area contributed by atoms with Crippen LogP contribution in [-0.2, 0) is 4.74 Å². The molecule has 1 aliphatic rings. The maximum absolute atomic E-state index is 5.99. The van der Waals surface area contributed by atoms with Gasteiger partial charge >= 0.3 is 0 Å². The lowest BCUT2D eigenvalue weighted by Gasteiger charge is -2.19. The number of nitrogens with two attached hydrogens (primary N) is 1. The van der Waals surface area contributed by atoms with E-state index in [0.29, 0.717) is 6.10 Å². The Morgan fingerprint density at radius 2 is 2.24 bits per heavy atom. The van der Waals surface area contributed by atoms with E-state index in [9.17, 15) is 0 Å². The molecule has 0 spiro atoms. The lowest BCUT2D eigenvalue weighted by Crippen LogP contribution is -2.21. The summed E-state index contributed by atoms with van der Waals surface area (Å²) in [6, 6.07) is 6.10. The molecule has 1 atom stereocenters. The number of anilines is 1. The average Bonchev–Trinajstić information content (AvgIpc) is 2.57. The van der Waals surface area contributed by atoms with Crippen LogP contribution >= 0.6 is 11.8 Å². The molecule has 1 aromatic rings. The fourth-order valence-corrected chi connectivity index (χ4v) is 3.26. The lowest BCUT2D eigenvalue weighted by atomic mass is 10.1. The topological polar surface area (TPSA) is 35.2 Å². The van der Waals surface area contributed by atoms with E-state index in [1.54, 1.807) is 0 Å². The lowest BCUT2D eigenvalue weighted by molar-refractivity contribution is -0.00466. The molecule has 1 saturated heterocycles. The summed E-state index contributed by atoms with van der Waals surface area (Å²) in [6.07, 6.45) is 2.74. The molecule has 2 rings (SSSR count). The summed E-state index contributed by atoms with van der Waals surface area (Å²) < 4.78 is 5.99. The Hall–Kier alpha value is -0.670. The molecular formula is C14H21NOS. The second-order valence-electron chi connectivity index (χ2n) is 5.37. The highest BCUT2D eigenvalue weighted by atomic mass is 32.2. The smallest absolute Gasteiger partial charge is 0.0677 e. The minimum atomic E-state index is 0.0708. The van der Waals surface area contributed by atoms with Crippen LogP contribution in [0.25, 0.3) is 0 Å². The third-order valence-electron chi connectivity index (χ3n) is 3.18. The van der Waals surface area contributed by atoms with Gasteiger partial charge in [0.1, 0.15) is 0 Å². The maximum Gasteiger partial charge on any atom is 0.0677 e. The number of nitrogen functional groups attached to an aromatic ring is 1. The summed E-state index contributed by atoms with van der Waals surface area (Å²) in [5.41, 5.74) is 7.91. The molecule has 1 aliphatic heterocycles. The van der Waals surface area contributed by atoms with E-state index in [1.807, 2.05) is 23.9 Å². The van der Waals surface area contributed by atoms with Crippen LogP contribution < -0.4 is 5.73 Å². The molecule has 3 heteroatoms. The molecule has 0 bridgehead atoms. The maximum atomic E-state index is 5.99. The molecule has 94 valence electrons. The first-order valence-corrected chi connectivity index (χ1v) is 7.11. The van der Waals surface area contributed by atoms with Crippen molar-refractivity contribution in [2.24, 2.45) is 0 Å². The zero-order valence-corrected chi connectivity index (χ0v) is 11.6. The van der Waals surface area contributed by atoms with E-state index in [4.69, 9.17) is 10.5 Å². The Labute approximate surface area is 108 Å². The standard InChI is InChI=1S/C14H21NOS/c1-10-8-11(15)4-5-13(10)17-9-12-6-7-14(2,3)16-12/h4-5,8,12H,6-7,9,15H2,1-3H3. The monoisotopic (exact) mass is 251 g/mol. The third-order valence-corrected chi connectivity index (χ3v) is 4.49. The minimum Gasteiger partial charge on any atom is -0.399 e. The first-order valence-electron chi connectivity index (χ1n) is 6.13. The van der Waals surface area contributed by atoms with Crippen LogP contribution in [0.1, 0.15) is 32.3 Å². The van der Waals surface area contributed by atoms with Gasteiger partial charge in [-0.15, -0.1) is 11.8 Å². The van der Waals surface area contributed by atoms with Crippen LogP contribution in [0, 0.1) is 6.92 Å². The van der Waals surface area contributed by atoms with Crippen molar-refractivity contribution in [2.75, 3.05) is 11.5 Å². The Morgan fingerprint density at radius 3 is 2.82 bits per heavy atom. The molecule has 0 aromatic heterocycles. The number of thioether (sulfide) groups is 1. The van der Waals surface area contributed by atoms with Gasteiger partial charge in [0.25, 0.3) is 0 Å². The second kappa shape index (κ2) is 4.91. The van der Waals surface area contributed by atoms with E-state index < -0.39 is 0 Å². The van der Waals surface area contributed by atoms with Gasteiger partial charge in [-0.2, -0.15) is 0 Å². The molecule has 0 amide bonds. The van der Waals surface area contributed by atoms with Crippen LogP contribution in [0.4, 0.5) is 5.69 Å². The number of aryl methyl sites for hydroxylation is 1. The average molecular weight is 251 g/mol. The molecule has 0 saturated carbocycles. The first kappa shape index (κ1) is 12.8. The summed E-state index contributed by atoms with van der Waals surface area (Å²) >= 11 is 1.87. The van der Waals surface area contributed by atoms with Crippen LogP contribution in [0.15, 0.2) is 23.1 Å². The number of benzene rings is 1. The molecule has 17 heavy (non-hydrogen) atoms. The largest absolute Gasteiger partial charge is 0.399 e. The molecule has 2 nitrogen and oxygen atoms in total. The molecule has 1 aromatic carbocycles. The highest BCUT2D eigenvalue weighted by molar-refractivity contribution is 7.99. The van der Waals surface area contributed by atoms with Gasteiger partial charge in [0.2, 0.25) is 0 Å². The molecular weight excluding hydrogens is 230 g/mol. The molecule has 1 heterocycles. The number of hydrogen-bond acceptors (Lipinski definition) is 3. The summed E-state index contributed by atoms with van der Waals surface area (Å²) in [6.45, 7) is 6.45. The molecule has 0 radical (unpaired) electrons. The highest BCUT2D eigenvalue weighted by Crippen LogP contribution is 2.33. The van der Waals surface area contributed by atoms with E-state index >= 15 is 0 Å². The van der Waals surface area contributed by atoms with Crippen LogP contribution in [0.3, 0.4) is 0 Å². The Kier molecular flexibility index (Phi) is 3.69. The van der Waals surface area contributed by atoms with Gasteiger partial charge in [-0.1, -0.05) is 0 Å². The van der Waals surface area contributed by atoms with Crippen molar-refractivity contribution in [3.8, 4) is 0 Å². The third kappa shape index (κ3) is 3.39. The molecule has 1 unspecified atom stereocenters. The Balaban J connectivity index is 1.90. The Bertz CT molecular complexity index is 403. The van der Waals surface area contributed by atoms with Gasteiger partial charge in [-0.05, 0) is 57.4 Å². The van der Waals surface area contributed by atoms with Gasteiger partial charge in [0, 0.05) is 16.3 Å². The van der Waals surface area contributed by atoms with Crippen molar-refractivity contribution in [2.45, 2.75) is 50.2 Å². The van der Waals surface area contributed by atoms with Crippen molar-refractivity contribution >= 4 is 17.4 Å². The number of ether oxygens (including phenoxy) is 1. The quantitative estimate of drug-likeness (QED) is 0.658. The van der Waals surface area contributed by atoms with Crippen molar-refractivity contribution in [3.63, 3.8) is 0 Å². The summed E-state index contributed by atoms with van der Waals surface area (Å²) in [5, 5.41) is 0. The number of rotatable bonds is 3. The number of hydrogen-bond donors (Lipinski definition) is 1. The fourth-order valence-electron chi connectivity index (χ4n) is 2.21. The van der Waals surface area contributed by atoms with Crippen molar-refractivity contribution in [3.05, 3.63) is 23.8 Å². The van der Waals surface area contributed by atoms with Crippen molar-refractivity contribution in [1.29, 1.82) is 0 Å². The zero-order chi connectivity index (χ0) is 12.5. The Morgan fingerprint density at radius 1 is 1.47 bits per heavy atom. The normalized spacial score (nSPS) is 22.9. The van der Waals surface area contributed by atoms with Crippen molar-refractivity contribution < 1.29 is 4.74 Å².